The van der Waals surface area contributed by atoms with Gasteiger partial charge in [0.15, 0.2) is 0 Å². The summed E-state index contributed by atoms with van der Waals surface area (Å²) in [7, 11) is 0. The summed E-state index contributed by atoms with van der Waals surface area (Å²) >= 11 is 0. The molecule has 0 nitrogen and oxygen atoms in total. The molecule has 176 valence electrons. The molecule has 0 radical (unpaired) electrons. The van der Waals surface area contributed by atoms with Crippen LogP contribution in [0.25, 0.3) is 76.1 Å². The lowest BCUT2D eigenvalue weighted by Crippen LogP contribution is -1.87. The van der Waals surface area contributed by atoms with Crippen molar-refractivity contribution in [1.29, 1.82) is 0 Å². The van der Waals surface area contributed by atoms with Crippen LogP contribution in [0.5, 0.6) is 0 Å². The predicted octanol–water partition coefficient (Wildman–Crippen LogP) is 10.8. The third kappa shape index (κ3) is 3.24. The zero-order chi connectivity index (χ0) is 25.1. The Balaban J connectivity index is 1.36. The quantitative estimate of drug-likeness (QED) is 0.216. The Morgan fingerprint density at radius 2 is 0.632 bits per heavy atom. The summed E-state index contributed by atoms with van der Waals surface area (Å²) in [5.41, 5.74) is 5.06. The Kier molecular flexibility index (Phi) is 4.62. The largest absolute Gasteiger partial charge is 0.0616 e. The Hall–Kier alpha value is -4.94. The molecule has 0 spiro atoms. The molecule has 0 saturated carbocycles. The molecule has 0 amide bonds. The van der Waals surface area contributed by atoms with Gasteiger partial charge in [0.2, 0.25) is 0 Å². The van der Waals surface area contributed by atoms with Crippen LogP contribution < -0.4 is 0 Å². The van der Waals surface area contributed by atoms with Crippen molar-refractivity contribution in [3.05, 3.63) is 146 Å². The molecule has 0 aliphatic heterocycles. The van der Waals surface area contributed by atoms with E-state index in [4.69, 9.17) is 0 Å². The van der Waals surface area contributed by atoms with Gasteiger partial charge in [-0.1, -0.05) is 121 Å². The molecule has 0 heterocycles. The predicted molar refractivity (Wildman–Crippen MR) is 165 cm³/mol. The number of fused-ring (bicyclic) bond motifs is 7. The van der Waals surface area contributed by atoms with Crippen molar-refractivity contribution < 1.29 is 0 Å². The highest BCUT2D eigenvalue weighted by molar-refractivity contribution is 6.15. The molecule has 0 unspecified atom stereocenters. The fourth-order valence-electron chi connectivity index (χ4n) is 6.17. The molecule has 0 bridgehead atoms. The van der Waals surface area contributed by atoms with Crippen molar-refractivity contribution in [1.82, 2.24) is 0 Å². The minimum absolute atomic E-state index is 1.25. The van der Waals surface area contributed by atoms with E-state index in [2.05, 4.69) is 146 Å². The van der Waals surface area contributed by atoms with Crippen LogP contribution in [-0.4, -0.2) is 0 Å². The minimum atomic E-state index is 1.25. The Morgan fingerprint density at radius 3 is 1.11 bits per heavy atom. The summed E-state index contributed by atoms with van der Waals surface area (Å²) in [6, 6.07) is 53.4. The van der Waals surface area contributed by atoms with Crippen LogP contribution in [0.15, 0.2) is 146 Å². The van der Waals surface area contributed by atoms with Crippen molar-refractivity contribution in [2.45, 2.75) is 0 Å². The fraction of sp³-hybridized carbons (Fsp3) is 0. The van der Waals surface area contributed by atoms with E-state index in [1.807, 2.05) is 0 Å². The Bertz CT molecular complexity index is 2030. The first kappa shape index (κ1) is 21.2. The van der Waals surface area contributed by atoms with Crippen molar-refractivity contribution in [3.63, 3.8) is 0 Å². The zero-order valence-corrected chi connectivity index (χ0v) is 20.9. The molecule has 0 heteroatoms. The molecule has 0 N–H and O–H groups in total. The minimum Gasteiger partial charge on any atom is -0.0616 e. The van der Waals surface area contributed by atoms with Gasteiger partial charge in [0, 0.05) is 0 Å². The second-order valence-electron chi connectivity index (χ2n) is 10.2. The standard InChI is InChI=1S/C38H24/c1-3-11-31-26(9-1)23-37(35-15-7-5-13-33(31)35)28-19-17-25-18-20-29(22-30(25)21-28)38-24-27-10-2-4-12-32(27)34-14-6-8-16-36(34)38/h1-24H. The summed E-state index contributed by atoms with van der Waals surface area (Å²) in [5, 5.41) is 12.9. The van der Waals surface area contributed by atoms with Gasteiger partial charge < -0.3 is 0 Å². The van der Waals surface area contributed by atoms with E-state index in [-0.39, 0.29) is 0 Å². The average molecular weight is 481 g/mol. The molecule has 0 saturated heterocycles. The molecule has 38 heavy (non-hydrogen) atoms. The maximum Gasteiger partial charge on any atom is -0.00988 e. The maximum atomic E-state index is 2.36. The molecular formula is C38H24. The number of benzene rings is 8. The third-order valence-electron chi connectivity index (χ3n) is 8.00. The molecular weight excluding hydrogens is 456 g/mol. The normalized spacial score (nSPS) is 11.7. The Morgan fingerprint density at radius 1 is 0.237 bits per heavy atom. The molecule has 8 aromatic carbocycles. The third-order valence-corrected chi connectivity index (χ3v) is 8.00. The number of hydrogen-bond donors (Lipinski definition) is 0. The van der Waals surface area contributed by atoms with Gasteiger partial charge >= 0.3 is 0 Å². The van der Waals surface area contributed by atoms with E-state index >= 15 is 0 Å². The van der Waals surface area contributed by atoms with Gasteiger partial charge in [0.05, 0.1) is 0 Å². The monoisotopic (exact) mass is 480 g/mol. The van der Waals surface area contributed by atoms with Crippen LogP contribution in [0.1, 0.15) is 0 Å². The molecule has 0 fully saturated rings. The van der Waals surface area contributed by atoms with Crippen molar-refractivity contribution >= 4 is 53.9 Å². The molecule has 8 aromatic rings. The molecule has 0 atom stereocenters. The van der Waals surface area contributed by atoms with E-state index in [0.717, 1.165) is 0 Å². The second-order valence-corrected chi connectivity index (χ2v) is 10.2. The summed E-state index contributed by atoms with van der Waals surface area (Å²) in [6.45, 7) is 0. The van der Waals surface area contributed by atoms with Crippen molar-refractivity contribution in [3.8, 4) is 22.3 Å². The van der Waals surface area contributed by atoms with Gasteiger partial charge in [0.25, 0.3) is 0 Å². The van der Waals surface area contributed by atoms with Crippen molar-refractivity contribution in [2.75, 3.05) is 0 Å². The zero-order valence-electron chi connectivity index (χ0n) is 20.9. The highest BCUT2D eigenvalue weighted by Gasteiger charge is 2.11. The van der Waals surface area contributed by atoms with Gasteiger partial charge in [-0.15, -0.1) is 0 Å². The van der Waals surface area contributed by atoms with Crippen LogP contribution in [0.2, 0.25) is 0 Å². The van der Waals surface area contributed by atoms with E-state index in [1.165, 1.54) is 76.1 Å². The van der Waals surface area contributed by atoms with Crippen LogP contribution in [-0.2, 0) is 0 Å². The summed E-state index contributed by atoms with van der Waals surface area (Å²) in [5.74, 6) is 0. The SMILES string of the molecule is c1ccc2c(c1)cc(-c1ccc3ccc(-c4cc5ccccc5c5ccccc45)cc3c1)c1ccccc12. The molecule has 0 aliphatic carbocycles. The van der Waals surface area contributed by atoms with Gasteiger partial charge in [-0.25, -0.2) is 0 Å². The van der Waals surface area contributed by atoms with Gasteiger partial charge in [-0.2, -0.15) is 0 Å². The van der Waals surface area contributed by atoms with Crippen molar-refractivity contribution in [2.24, 2.45) is 0 Å². The first-order valence-electron chi connectivity index (χ1n) is 13.2. The van der Waals surface area contributed by atoms with Crippen LogP contribution in [0.4, 0.5) is 0 Å². The summed E-state index contributed by atoms with van der Waals surface area (Å²) in [6.07, 6.45) is 0. The lowest BCUT2D eigenvalue weighted by Gasteiger charge is -2.13. The highest BCUT2D eigenvalue weighted by atomic mass is 14.1. The fourth-order valence-corrected chi connectivity index (χ4v) is 6.17. The average Bonchev–Trinajstić information content (AvgIpc) is 2.99. The molecule has 8 rings (SSSR count). The van der Waals surface area contributed by atoms with Gasteiger partial charge in [-0.3, -0.25) is 0 Å². The maximum absolute atomic E-state index is 2.36. The first-order chi connectivity index (χ1) is 18.8. The van der Waals surface area contributed by atoms with Crippen LogP contribution in [0, 0.1) is 0 Å². The number of hydrogen-bond acceptors (Lipinski definition) is 0. The van der Waals surface area contributed by atoms with Crippen LogP contribution >= 0.6 is 0 Å². The molecule has 0 aliphatic rings. The van der Waals surface area contributed by atoms with Gasteiger partial charge in [0.1, 0.15) is 0 Å². The van der Waals surface area contributed by atoms with E-state index < -0.39 is 0 Å². The topological polar surface area (TPSA) is 0 Å². The highest BCUT2D eigenvalue weighted by Crippen LogP contribution is 2.38. The second kappa shape index (κ2) is 8.30. The van der Waals surface area contributed by atoms with E-state index in [9.17, 15) is 0 Å². The smallest absolute Gasteiger partial charge is 0.00988 e. The number of rotatable bonds is 2. The lowest BCUT2D eigenvalue weighted by molar-refractivity contribution is 1.68. The van der Waals surface area contributed by atoms with E-state index in [1.54, 1.807) is 0 Å². The first-order valence-corrected chi connectivity index (χ1v) is 13.2. The Labute approximate surface area is 221 Å². The summed E-state index contributed by atoms with van der Waals surface area (Å²) in [4.78, 5) is 0. The van der Waals surface area contributed by atoms with Gasteiger partial charge in [-0.05, 0) is 100 Å². The van der Waals surface area contributed by atoms with E-state index in [0.29, 0.717) is 0 Å². The van der Waals surface area contributed by atoms with Crippen LogP contribution in [0.3, 0.4) is 0 Å². The summed E-state index contributed by atoms with van der Waals surface area (Å²) < 4.78 is 0. The molecule has 0 aromatic heterocycles. The lowest BCUT2D eigenvalue weighted by atomic mass is 9.90.